The van der Waals surface area contributed by atoms with E-state index in [1.165, 1.54) is 0 Å². The highest BCUT2D eigenvalue weighted by atomic mass is 35.5. The molecule has 1 aromatic heterocycles. The minimum absolute atomic E-state index is 0.655. The molecule has 0 amide bonds. The summed E-state index contributed by atoms with van der Waals surface area (Å²) in [5, 5.41) is 0.655. The van der Waals surface area contributed by atoms with E-state index in [4.69, 9.17) is 11.6 Å². The first-order chi connectivity index (χ1) is 10.3. The topological polar surface area (TPSA) is 36.4 Å². The Hall–Kier alpha value is -2.07. The Morgan fingerprint density at radius 2 is 1.81 bits per heavy atom. The molecule has 0 saturated carbocycles. The summed E-state index contributed by atoms with van der Waals surface area (Å²) in [7, 11) is 0. The molecule has 3 rings (SSSR count). The zero-order valence-electron chi connectivity index (χ0n) is 11.6. The van der Waals surface area contributed by atoms with Crippen LogP contribution < -0.4 is 9.80 Å². The molecular weight excluding hydrogens is 286 g/mol. The molecule has 0 spiro atoms. The van der Waals surface area contributed by atoms with Gasteiger partial charge in [-0.15, -0.1) is 0 Å². The van der Waals surface area contributed by atoms with E-state index < -0.39 is 0 Å². The summed E-state index contributed by atoms with van der Waals surface area (Å²) in [6, 6.07) is 11.3. The monoisotopic (exact) mass is 301 g/mol. The lowest BCUT2D eigenvalue weighted by molar-refractivity contribution is 0.112. The van der Waals surface area contributed by atoms with Gasteiger partial charge < -0.3 is 9.80 Å². The highest BCUT2D eigenvalue weighted by Gasteiger charge is 2.20. The van der Waals surface area contributed by atoms with Crippen LogP contribution in [0.4, 0.5) is 11.5 Å². The first-order valence-electron chi connectivity index (χ1n) is 6.93. The second-order valence-electron chi connectivity index (χ2n) is 4.98. The number of hydrogen-bond donors (Lipinski definition) is 0. The summed E-state index contributed by atoms with van der Waals surface area (Å²) >= 11 is 6.05. The van der Waals surface area contributed by atoms with Gasteiger partial charge in [-0.3, -0.25) is 4.79 Å². The van der Waals surface area contributed by atoms with Crippen LogP contribution in [0.1, 0.15) is 10.4 Å². The van der Waals surface area contributed by atoms with Crippen molar-refractivity contribution in [1.82, 2.24) is 4.98 Å². The maximum Gasteiger partial charge on any atom is 0.152 e. The summed E-state index contributed by atoms with van der Waals surface area (Å²) in [6.07, 6.45) is 2.69. The van der Waals surface area contributed by atoms with E-state index in [1.54, 1.807) is 12.1 Å². The van der Waals surface area contributed by atoms with E-state index >= 15 is 0 Å². The molecular formula is C16H16ClN3O. The third-order valence-electron chi connectivity index (χ3n) is 3.71. The molecule has 0 radical (unpaired) electrons. The van der Waals surface area contributed by atoms with E-state index in [-0.39, 0.29) is 0 Å². The van der Waals surface area contributed by atoms with Crippen molar-refractivity contribution in [3.63, 3.8) is 0 Å². The van der Waals surface area contributed by atoms with Gasteiger partial charge >= 0.3 is 0 Å². The van der Waals surface area contributed by atoms with Crippen LogP contribution in [0.2, 0.25) is 5.02 Å². The van der Waals surface area contributed by atoms with Crippen molar-refractivity contribution in [3.05, 3.63) is 53.2 Å². The quantitative estimate of drug-likeness (QED) is 0.817. The largest absolute Gasteiger partial charge is 0.367 e. The molecule has 0 bridgehead atoms. The molecule has 1 aliphatic rings. The molecule has 2 aromatic rings. The number of carbonyl (C=O) groups is 1. The summed E-state index contributed by atoms with van der Waals surface area (Å²) in [5.74, 6) is 0.999. The number of halogens is 1. The summed E-state index contributed by atoms with van der Waals surface area (Å²) in [6.45, 7) is 3.44. The zero-order chi connectivity index (χ0) is 14.7. The van der Waals surface area contributed by atoms with Crippen LogP contribution >= 0.6 is 11.6 Å². The zero-order valence-corrected chi connectivity index (χ0v) is 12.3. The average molecular weight is 302 g/mol. The third kappa shape index (κ3) is 3.00. The van der Waals surface area contributed by atoms with Crippen molar-refractivity contribution in [1.29, 1.82) is 0 Å². The van der Waals surface area contributed by atoms with E-state index in [9.17, 15) is 4.79 Å². The van der Waals surface area contributed by atoms with Crippen LogP contribution in [-0.2, 0) is 0 Å². The minimum Gasteiger partial charge on any atom is -0.367 e. The molecule has 2 heterocycles. The van der Waals surface area contributed by atoms with Crippen LogP contribution in [0.3, 0.4) is 0 Å². The van der Waals surface area contributed by atoms with E-state index in [0.29, 0.717) is 10.6 Å². The second-order valence-corrected chi connectivity index (χ2v) is 5.42. The number of aldehydes is 1. The second kappa shape index (κ2) is 6.14. The van der Waals surface area contributed by atoms with Gasteiger partial charge in [0.15, 0.2) is 6.29 Å². The van der Waals surface area contributed by atoms with Gasteiger partial charge in [-0.1, -0.05) is 17.7 Å². The Labute approximate surface area is 129 Å². The summed E-state index contributed by atoms with van der Waals surface area (Å²) in [5.41, 5.74) is 1.60. The number of pyridine rings is 1. The lowest BCUT2D eigenvalue weighted by atomic mass is 10.1. The van der Waals surface area contributed by atoms with Crippen LogP contribution in [0.25, 0.3) is 0 Å². The van der Waals surface area contributed by atoms with Gasteiger partial charge in [0.2, 0.25) is 0 Å². The van der Waals surface area contributed by atoms with E-state index in [2.05, 4.69) is 14.8 Å². The Balaban J connectivity index is 1.74. The molecule has 0 atom stereocenters. The molecule has 0 aliphatic carbocycles. The van der Waals surface area contributed by atoms with Gasteiger partial charge in [0.05, 0.1) is 0 Å². The fourth-order valence-corrected chi connectivity index (χ4v) is 2.77. The predicted molar refractivity (Wildman–Crippen MR) is 85.5 cm³/mol. The Morgan fingerprint density at radius 1 is 1.05 bits per heavy atom. The van der Waals surface area contributed by atoms with Crippen LogP contribution in [-0.4, -0.2) is 37.4 Å². The Morgan fingerprint density at radius 3 is 2.48 bits per heavy atom. The fourth-order valence-electron chi connectivity index (χ4n) is 2.61. The molecule has 1 fully saturated rings. The normalized spacial score (nSPS) is 15.1. The van der Waals surface area contributed by atoms with E-state index in [1.807, 2.05) is 30.5 Å². The van der Waals surface area contributed by atoms with Gasteiger partial charge in [0.25, 0.3) is 0 Å². The van der Waals surface area contributed by atoms with Crippen molar-refractivity contribution in [3.8, 4) is 0 Å². The maximum absolute atomic E-state index is 11.2. The molecule has 4 nitrogen and oxygen atoms in total. The minimum atomic E-state index is 0.655. The Kier molecular flexibility index (Phi) is 4.06. The SMILES string of the molecule is O=Cc1ccc(Cl)cc1N1CCN(c2ccccn2)CC1. The lowest BCUT2D eigenvalue weighted by Gasteiger charge is -2.37. The number of aromatic nitrogens is 1. The molecule has 0 unspecified atom stereocenters. The number of anilines is 2. The van der Waals surface area contributed by atoms with Crippen molar-refractivity contribution >= 4 is 29.4 Å². The summed E-state index contributed by atoms with van der Waals surface area (Å²) < 4.78 is 0. The van der Waals surface area contributed by atoms with Gasteiger partial charge in [-0.2, -0.15) is 0 Å². The van der Waals surface area contributed by atoms with E-state index in [0.717, 1.165) is 44.0 Å². The molecule has 108 valence electrons. The van der Waals surface area contributed by atoms with Gasteiger partial charge in [0, 0.05) is 48.6 Å². The van der Waals surface area contributed by atoms with Gasteiger partial charge in [-0.05, 0) is 30.3 Å². The van der Waals surface area contributed by atoms with Gasteiger partial charge in [-0.25, -0.2) is 4.98 Å². The fraction of sp³-hybridized carbons (Fsp3) is 0.250. The van der Waals surface area contributed by atoms with Crippen molar-refractivity contribution in [2.75, 3.05) is 36.0 Å². The van der Waals surface area contributed by atoms with Crippen LogP contribution in [0.15, 0.2) is 42.6 Å². The first kappa shape index (κ1) is 13.9. The smallest absolute Gasteiger partial charge is 0.152 e. The molecule has 1 saturated heterocycles. The standard InChI is InChI=1S/C16H16ClN3O/c17-14-5-4-13(12-21)15(11-14)19-7-9-20(10-8-19)16-3-1-2-6-18-16/h1-6,11-12H,7-10H2. The number of rotatable bonds is 3. The van der Waals surface area contributed by atoms with Crippen LogP contribution in [0, 0.1) is 0 Å². The van der Waals surface area contributed by atoms with Crippen molar-refractivity contribution < 1.29 is 4.79 Å². The van der Waals surface area contributed by atoms with Crippen molar-refractivity contribution in [2.24, 2.45) is 0 Å². The predicted octanol–water partition coefficient (Wildman–Crippen LogP) is 2.87. The molecule has 21 heavy (non-hydrogen) atoms. The van der Waals surface area contributed by atoms with Gasteiger partial charge in [0.1, 0.15) is 5.82 Å². The highest BCUT2D eigenvalue weighted by Crippen LogP contribution is 2.25. The van der Waals surface area contributed by atoms with Crippen LogP contribution in [0.5, 0.6) is 0 Å². The number of carbonyl (C=O) groups excluding carboxylic acids is 1. The highest BCUT2D eigenvalue weighted by molar-refractivity contribution is 6.31. The van der Waals surface area contributed by atoms with Crippen molar-refractivity contribution in [2.45, 2.75) is 0 Å². The first-order valence-corrected chi connectivity index (χ1v) is 7.31. The molecule has 1 aromatic carbocycles. The average Bonchev–Trinajstić information content (AvgIpc) is 2.56. The third-order valence-corrected chi connectivity index (χ3v) is 3.95. The summed E-state index contributed by atoms with van der Waals surface area (Å²) in [4.78, 5) is 20.0. The molecule has 0 N–H and O–H groups in total. The molecule has 5 heteroatoms. The Bertz CT molecular complexity index is 625. The number of piperazine rings is 1. The lowest BCUT2D eigenvalue weighted by Crippen LogP contribution is -2.47. The molecule has 1 aliphatic heterocycles. The maximum atomic E-state index is 11.2. The number of hydrogen-bond acceptors (Lipinski definition) is 4. The number of benzene rings is 1. The number of nitrogens with zero attached hydrogens (tertiary/aromatic N) is 3.